The average Bonchev–Trinajstić information content (AvgIpc) is 3.09. The number of nitrogens with zero attached hydrogens (tertiary/aromatic N) is 1. The van der Waals surface area contributed by atoms with Crippen LogP contribution in [0.2, 0.25) is 0 Å². The molecule has 1 unspecified atom stereocenters. The van der Waals surface area contributed by atoms with Crippen molar-refractivity contribution in [1.82, 2.24) is 4.31 Å². The molecule has 0 amide bonds. The highest BCUT2D eigenvalue weighted by Crippen LogP contribution is 2.39. The zero-order valence-electron chi connectivity index (χ0n) is 13.8. The van der Waals surface area contributed by atoms with Crippen molar-refractivity contribution in [1.29, 1.82) is 0 Å². The van der Waals surface area contributed by atoms with Crippen LogP contribution in [-0.2, 0) is 21.6 Å². The normalized spacial score (nSPS) is 21.8. The fourth-order valence-electron chi connectivity index (χ4n) is 3.26. The minimum absolute atomic E-state index is 0.0674. The van der Waals surface area contributed by atoms with Crippen LogP contribution in [0.1, 0.15) is 17.5 Å². The molecule has 0 aliphatic carbocycles. The molecule has 1 atom stereocenters. The molecule has 0 saturated carbocycles. The number of hydrogen-bond acceptors (Lipinski definition) is 3. The van der Waals surface area contributed by atoms with E-state index in [0.29, 0.717) is 5.56 Å². The van der Waals surface area contributed by atoms with Crippen molar-refractivity contribution >= 4 is 10.0 Å². The van der Waals surface area contributed by atoms with Crippen LogP contribution in [0.5, 0.6) is 0 Å². The fraction of sp³-hybridized carbons (Fsp3) is 0.333. The Bertz CT molecular complexity index is 884. The first-order valence-electron chi connectivity index (χ1n) is 8.03. The van der Waals surface area contributed by atoms with E-state index < -0.39 is 33.8 Å². The van der Waals surface area contributed by atoms with E-state index in [9.17, 15) is 26.7 Å². The maximum absolute atomic E-state index is 13.0. The van der Waals surface area contributed by atoms with Crippen molar-refractivity contribution in [3.8, 4) is 0 Å². The van der Waals surface area contributed by atoms with Gasteiger partial charge in [-0.15, -0.1) is 0 Å². The van der Waals surface area contributed by atoms with Crippen LogP contribution in [0.3, 0.4) is 0 Å². The highest BCUT2D eigenvalue weighted by Gasteiger charge is 2.44. The molecule has 0 aromatic heterocycles. The maximum Gasteiger partial charge on any atom is 0.416 e. The molecule has 1 aliphatic heterocycles. The number of aliphatic hydroxyl groups excluding tert-OH is 1. The first-order chi connectivity index (χ1) is 12.2. The van der Waals surface area contributed by atoms with E-state index >= 15 is 0 Å². The van der Waals surface area contributed by atoms with Gasteiger partial charge >= 0.3 is 6.18 Å². The van der Waals surface area contributed by atoms with Gasteiger partial charge in [0.2, 0.25) is 10.0 Å². The van der Waals surface area contributed by atoms with Crippen LogP contribution in [0, 0.1) is 0 Å². The van der Waals surface area contributed by atoms with Crippen LogP contribution in [0.25, 0.3) is 0 Å². The number of alkyl halides is 3. The van der Waals surface area contributed by atoms with Gasteiger partial charge in [-0.2, -0.15) is 17.5 Å². The summed E-state index contributed by atoms with van der Waals surface area (Å²) in [5.74, 6) is 0. The summed E-state index contributed by atoms with van der Waals surface area (Å²) in [6.45, 7) is -0.370. The Morgan fingerprint density at radius 2 is 1.77 bits per heavy atom. The van der Waals surface area contributed by atoms with Gasteiger partial charge in [-0.25, -0.2) is 8.42 Å². The van der Waals surface area contributed by atoms with E-state index in [4.69, 9.17) is 0 Å². The van der Waals surface area contributed by atoms with Gasteiger partial charge < -0.3 is 5.11 Å². The molecule has 4 nitrogen and oxygen atoms in total. The number of halogens is 3. The highest BCUT2D eigenvalue weighted by atomic mass is 32.2. The lowest BCUT2D eigenvalue weighted by Gasteiger charge is -2.28. The van der Waals surface area contributed by atoms with E-state index in [-0.39, 0.29) is 24.4 Å². The van der Waals surface area contributed by atoms with Gasteiger partial charge in [-0.05, 0) is 30.2 Å². The second-order valence-corrected chi connectivity index (χ2v) is 8.36. The SMILES string of the molecule is O=S(=O)(c1ccccc1)N1CCC(CO)(c2cccc(C(F)(F)F)c2)C1. The second kappa shape index (κ2) is 6.68. The number of hydrogen-bond donors (Lipinski definition) is 1. The first-order valence-corrected chi connectivity index (χ1v) is 9.47. The van der Waals surface area contributed by atoms with Crippen molar-refractivity contribution in [2.75, 3.05) is 19.7 Å². The summed E-state index contributed by atoms with van der Waals surface area (Å²) in [6.07, 6.45) is -4.25. The smallest absolute Gasteiger partial charge is 0.395 e. The van der Waals surface area contributed by atoms with Crippen molar-refractivity contribution in [3.05, 3.63) is 65.7 Å². The molecule has 0 spiro atoms. The van der Waals surface area contributed by atoms with Crippen molar-refractivity contribution < 1.29 is 26.7 Å². The van der Waals surface area contributed by atoms with E-state index in [2.05, 4.69) is 0 Å². The topological polar surface area (TPSA) is 57.6 Å². The Morgan fingerprint density at radius 1 is 1.08 bits per heavy atom. The summed E-state index contributed by atoms with van der Waals surface area (Å²) in [4.78, 5) is 0.123. The Morgan fingerprint density at radius 3 is 2.38 bits per heavy atom. The average molecular weight is 385 g/mol. The lowest BCUT2D eigenvalue weighted by atomic mass is 9.80. The lowest BCUT2D eigenvalue weighted by molar-refractivity contribution is -0.137. The van der Waals surface area contributed by atoms with Gasteiger partial charge in [0.25, 0.3) is 0 Å². The number of benzene rings is 2. The molecule has 0 bridgehead atoms. The molecule has 2 aromatic rings. The van der Waals surface area contributed by atoms with Gasteiger partial charge in [0.05, 0.1) is 17.1 Å². The number of sulfonamides is 1. The molecule has 8 heteroatoms. The third kappa shape index (κ3) is 3.36. The van der Waals surface area contributed by atoms with E-state index in [1.165, 1.54) is 28.6 Å². The van der Waals surface area contributed by atoms with Crippen LogP contribution in [-0.4, -0.2) is 37.5 Å². The summed E-state index contributed by atoms with van der Waals surface area (Å²) in [5, 5.41) is 9.92. The van der Waals surface area contributed by atoms with Crippen LogP contribution >= 0.6 is 0 Å². The quantitative estimate of drug-likeness (QED) is 0.880. The summed E-state index contributed by atoms with van der Waals surface area (Å²) in [5.41, 5.74) is -1.57. The minimum Gasteiger partial charge on any atom is -0.395 e. The van der Waals surface area contributed by atoms with E-state index in [1.807, 2.05) is 0 Å². The standard InChI is InChI=1S/C18H18F3NO3S/c19-18(20,21)15-6-4-5-14(11-15)17(13-23)9-10-22(12-17)26(24,25)16-7-2-1-3-8-16/h1-8,11,23H,9-10,12-13H2. The fourth-order valence-corrected chi connectivity index (χ4v) is 4.81. The van der Waals surface area contributed by atoms with Crippen LogP contribution in [0.4, 0.5) is 13.2 Å². The molecule has 140 valence electrons. The molecule has 1 heterocycles. The van der Waals surface area contributed by atoms with Crippen molar-refractivity contribution in [2.24, 2.45) is 0 Å². The highest BCUT2D eigenvalue weighted by molar-refractivity contribution is 7.89. The van der Waals surface area contributed by atoms with Gasteiger partial charge in [0.15, 0.2) is 0 Å². The summed E-state index contributed by atoms with van der Waals surface area (Å²) in [6, 6.07) is 12.6. The zero-order chi connectivity index (χ0) is 19.0. The Labute approximate surface area is 149 Å². The molecule has 2 aromatic carbocycles. The van der Waals surface area contributed by atoms with E-state index in [1.54, 1.807) is 18.2 Å². The van der Waals surface area contributed by atoms with Gasteiger partial charge in [0, 0.05) is 18.5 Å². The molecule has 3 rings (SSSR count). The lowest BCUT2D eigenvalue weighted by Crippen LogP contribution is -2.37. The predicted molar refractivity (Wildman–Crippen MR) is 90.0 cm³/mol. The Hall–Kier alpha value is -1.90. The molecule has 1 saturated heterocycles. The Kier molecular flexibility index (Phi) is 4.85. The molecule has 26 heavy (non-hydrogen) atoms. The van der Waals surface area contributed by atoms with Crippen LogP contribution in [0.15, 0.2) is 59.5 Å². The molecule has 1 N–H and O–H groups in total. The third-order valence-electron chi connectivity index (χ3n) is 4.80. The predicted octanol–water partition coefficient (Wildman–Crippen LogP) is 3.03. The summed E-state index contributed by atoms with van der Waals surface area (Å²) >= 11 is 0. The van der Waals surface area contributed by atoms with Gasteiger partial charge in [0.1, 0.15) is 0 Å². The van der Waals surface area contributed by atoms with E-state index in [0.717, 1.165) is 12.1 Å². The maximum atomic E-state index is 13.0. The first kappa shape index (κ1) is 18.9. The minimum atomic E-state index is -4.50. The molecule has 0 radical (unpaired) electrons. The van der Waals surface area contributed by atoms with Gasteiger partial charge in [-0.3, -0.25) is 0 Å². The monoisotopic (exact) mass is 385 g/mol. The van der Waals surface area contributed by atoms with Crippen LogP contribution < -0.4 is 0 Å². The zero-order valence-corrected chi connectivity index (χ0v) is 14.6. The number of aliphatic hydroxyl groups is 1. The molecular formula is C18H18F3NO3S. The Balaban J connectivity index is 1.94. The second-order valence-electron chi connectivity index (χ2n) is 6.42. The molecular weight excluding hydrogens is 367 g/mol. The molecule has 1 fully saturated rings. The summed E-state index contributed by atoms with van der Waals surface area (Å²) < 4.78 is 65.7. The third-order valence-corrected chi connectivity index (χ3v) is 6.66. The molecule has 1 aliphatic rings. The van der Waals surface area contributed by atoms with Gasteiger partial charge in [-0.1, -0.05) is 36.4 Å². The summed E-state index contributed by atoms with van der Waals surface area (Å²) in [7, 11) is -3.77. The van der Waals surface area contributed by atoms with Crippen molar-refractivity contribution in [3.63, 3.8) is 0 Å². The van der Waals surface area contributed by atoms with Crippen molar-refractivity contribution in [2.45, 2.75) is 22.9 Å². The largest absolute Gasteiger partial charge is 0.416 e. The number of rotatable bonds is 4.